The number of ether oxygens (including phenoxy) is 2. The number of rotatable bonds is 5. The number of benzene rings is 1. The summed E-state index contributed by atoms with van der Waals surface area (Å²) in [5.74, 6) is 0.886. The van der Waals surface area contributed by atoms with Gasteiger partial charge in [-0.25, -0.2) is 0 Å². The van der Waals surface area contributed by atoms with Crippen molar-refractivity contribution in [3.05, 3.63) is 29.3 Å². The zero-order valence-corrected chi connectivity index (χ0v) is 9.74. The maximum atomic E-state index is 5.79. The van der Waals surface area contributed by atoms with Crippen LogP contribution in [0, 0.1) is 0 Å². The van der Waals surface area contributed by atoms with Gasteiger partial charge < -0.3 is 15.2 Å². The van der Waals surface area contributed by atoms with Crippen LogP contribution >= 0.6 is 0 Å². The third-order valence-electron chi connectivity index (χ3n) is 3.11. The van der Waals surface area contributed by atoms with E-state index in [0.717, 1.165) is 16.9 Å². The summed E-state index contributed by atoms with van der Waals surface area (Å²) in [6.07, 6.45) is 4.13. The second-order valence-corrected chi connectivity index (χ2v) is 4.21. The van der Waals surface area contributed by atoms with E-state index in [9.17, 15) is 0 Å². The van der Waals surface area contributed by atoms with E-state index in [2.05, 4.69) is 6.07 Å². The summed E-state index contributed by atoms with van der Waals surface area (Å²) < 4.78 is 11.1. The quantitative estimate of drug-likeness (QED) is 0.829. The first-order valence-corrected chi connectivity index (χ1v) is 5.81. The van der Waals surface area contributed by atoms with Crippen molar-refractivity contribution in [2.75, 3.05) is 7.11 Å². The maximum Gasteiger partial charge on any atom is 0.124 e. The van der Waals surface area contributed by atoms with Crippen molar-refractivity contribution in [3.8, 4) is 5.75 Å². The van der Waals surface area contributed by atoms with Crippen molar-refractivity contribution in [2.24, 2.45) is 5.73 Å². The minimum Gasteiger partial charge on any atom is -0.496 e. The van der Waals surface area contributed by atoms with Gasteiger partial charge in [-0.3, -0.25) is 0 Å². The molecule has 1 aliphatic carbocycles. The predicted molar refractivity (Wildman–Crippen MR) is 63.3 cm³/mol. The Bertz CT molecular complexity index is 348. The van der Waals surface area contributed by atoms with E-state index >= 15 is 0 Å². The Morgan fingerprint density at radius 1 is 1.38 bits per heavy atom. The topological polar surface area (TPSA) is 44.5 Å². The van der Waals surface area contributed by atoms with Gasteiger partial charge in [0.15, 0.2) is 0 Å². The molecule has 3 nitrogen and oxygen atoms in total. The molecule has 88 valence electrons. The van der Waals surface area contributed by atoms with Gasteiger partial charge in [-0.2, -0.15) is 0 Å². The predicted octanol–water partition coefficient (Wildman–Crippen LogP) is 2.22. The van der Waals surface area contributed by atoms with Gasteiger partial charge in [0.25, 0.3) is 0 Å². The highest BCUT2D eigenvalue weighted by Crippen LogP contribution is 2.26. The normalized spacial score (nSPS) is 15.9. The summed E-state index contributed by atoms with van der Waals surface area (Å²) in [7, 11) is 1.68. The molecule has 3 heteroatoms. The molecule has 16 heavy (non-hydrogen) atoms. The summed E-state index contributed by atoms with van der Waals surface area (Å²) in [6.45, 7) is 1.18. The van der Waals surface area contributed by atoms with Gasteiger partial charge in [-0.1, -0.05) is 6.07 Å². The van der Waals surface area contributed by atoms with E-state index in [1.165, 1.54) is 19.3 Å². The fourth-order valence-corrected chi connectivity index (χ4v) is 1.82. The second kappa shape index (κ2) is 5.32. The smallest absolute Gasteiger partial charge is 0.124 e. The van der Waals surface area contributed by atoms with E-state index in [4.69, 9.17) is 15.2 Å². The molecule has 0 amide bonds. The van der Waals surface area contributed by atoms with Crippen LogP contribution in [0.2, 0.25) is 0 Å². The van der Waals surface area contributed by atoms with Crippen LogP contribution in [0.5, 0.6) is 5.75 Å². The van der Waals surface area contributed by atoms with Crippen molar-refractivity contribution in [2.45, 2.75) is 38.5 Å². The van der Waals surface area contributed by atoms with Crippen molar-refractivity contribution < 1.29 is 9.47 Å². The van der Waals surface area contributed by atoms with Gasteiger partial charge in [-0.15, -0.1) is 0 Å². The first-order chi connectivity index (χ1) is 7.83. The SMILES string of the molecule is COc1ccc(CN)cc1COC1CCC1. The molecule has 1 aliphatic rings. The lowest BCUT2D eigenvalue weighted by atomic mass is 9.96. The summed E-state index contributed by atoms with van der Waals surface area (Å²) in [4.78, 5) is 0. The number of nitrogens with two attached hydrogens (primary N) is 1. The molecule has 2 rings (SSSR count). The molecule has 0 aromatic heterocycles. The third kappa shape index (κ3) is 2.54. The standard InChI is InChI=1S/C13H19NO2/c1-15-13-6-5-10(8-14)7-11(13)9-16-12-3-2-4-12/h5-7,12H,2-4,8-9,14H2,1H3. The molecule has 0 saturated heterocycles. The molecular formula is C13H19NO2. The van der Waals surface area contributed by atoms with Crippen molar-refractivity contribution in [3.63, 3.8) is 0 Å². The molecule has 2 N–H and O–H groups in total. The van der Waals surface area contributed by atoms with E-state index in [0.29, 0.717) is 19.3 Å². The molecule has 0 atom stereocenters. The first-order valence-electron chi connectivity index (χ1n) is 5.81. The van der Waals surface area contributed by atoms with Gasteiger partial charge in [0.1, 0.15) is 5.75 Å². The third-order valence-corrected chi connectivity index (χ3v) is 3.11. The lowest BCUT2D eigenvalue weighted by Crippen LogP contribution is -2.21. The van der Waals surface area contributed by atoms with E-state index in [-0.39, 0.29) is 0 Å². The molecule has 1 aromatic rings. The molecule has 0 bridgehead atoms. The largest absolute Gasteiger partial charge is 0.496 e. The van der Waals surface area contributed by atoms with Crippen LogP contribution in [0.3, 0.4) is 0 Å². The summed E-state index contributed by atoms with van der Waals surface area (Å²) in [5.41, 5.74) is 7.84. The average Bonchev–Trinajstić information content (AvgIpc) is 2.26. The fraction of sp³-hybridized carbons (Fsp3) is 0.538. The van der Waals surface area contributed by atoms with Crippen LogP contribution in [0.4, 0.5) is 0 Å². The maximum absolute atomic E-state index is 5.79. The Hall–Kier alpha value is -1.06. The lowest BCUT2D eigenvalue weighted by molar-refractivity contribution is -0.00936. The van der Waals surface area contributed by atoms with E-state index < -0.39 is 0 Å². The molecule has 0 unspecified atom stereocenters. The van der Waals surface area contributed by atoms with Gasteiger partial charge in [0.2, 0.25) is 0 Å². The second-order valence-electron chi connectivity index (χ2n) is 4.21. The summed E-state index contributed by atoms with van der Waals surface area (Å²) >= 11 is 0. The Morgan fingerprint density at radius 2 is 2.19 bits per heavy atom. The van der Waals surface area contributed by atoms with Crippen LogP contribution in [0.25, 0.3) is 0 Å². The van der Waals surface area contributed by atoms with E-state index in [1.54, 1.807) is 7.11 Å². The number of methoxy groups -OCH3 is 1. The van der Waals surface area contributed by atoms with Crippen molar-refractivity contribution in [1.82, 2.24) is 0 Å². The van der Waals surface area contributed by atoms with Gasteiger partial charge >= 0.3 is 0 Å². The first kappa shape index (κ1) is 11.4. The van der Waals surface area contributed by atoms with Crippen LogP contribution in [0.1, 0.15) is 30.4 Å². The number of hydrogen-bond donors (Lipinski definition) is 1. The van der Waals surface area contributed by atoms with Crippen LogP contribution in [-0.4, -0.2) is 13.2 Å². The molecule has 1 aromatic carbocycles. The minimum absolute atomic E-state index is 0.450. The Balaban J connectivity index is 2.03. The highest BCUT2D eigenvalue weighted by Gasteiger charge is 2.18. The molecule has 0 radical (unpaired) electrons. The lowest BCUT2D eigenvalue weighted by Gasteiger charge is -2.26. The average molecular weight is 221 g/mol. The van der Waals surface area contributed by atoms with Crippen molar-refractivity contribution in [1.29, 1.82) is 0 Å². The zero-order chi connectivity index (χ0) is 11.4. The van der Waals surface area contributed by atoms with E-state index in [1.807, 2.05) is 12.1 Å². The van der Waals surface area contributed by atoms with Gasteiger partial charge in [0, 0.05) is 12.1 Å². The molecule has 0 spiro atoms. The minimum atomic E-state index is 0.450. The van der Waals surface area contributed by atoms with Gasteiger partial charge in [-0.05, 0) is 37.0 Å². The van der Waals surface area contributed by atoms with Crippen LogP contribution < -0.4 is 10.5 Å². The zero-order valence-electron chi connectivity index (χ0n) is 9.74. The fourth-order valence-electron chi connectivity index (χ4n) is 1.82. The summed E-state index contributed by atoms with van der Waals surface area (Å²) in [6, 6.07) is 6.02. The van der Waals surface area contributed by atoms with Crippen molar-refractivity contribution >= 4 is 0 Å². The van der Waals surface area contributed by atoms with Gasteiger partial charge in [0.05, 0.1) is 19.8 Å². The monoisotopic (exact) mass is 221 g/mol. The Labute approximate surface area is 96.5 Å². The highest BCUT2D eigenvalue weighted by atomic mass is 16.5. The molecule has 0 heterocycles. The summed E-state index contributed by atoms with van der Waals surface area (Å²) in [5, 5.41) is 0. The Kier molecular flexibility index (Phi) is 3.80. The molecule has 1 fully saturated rings. The molecule has 1 saturated carbocycles. The molecular weight excluding hydrogens is 202 g/mol. The van der Waals surface area contributed by atoms with Crippen LogP contribution in [-0.2, 0) is 17.9 Å². The Morgan fingerprint density at radius 3 is 2.75 bits per heavy atom. The van der Waals surface area contributed by atoms with Crippen LogP contribution in [0.15, 0.2) is 18.2 Å². The molecule has 0 aliphatic heterocycles. The highest BCUT2D eigenvalue weighted by molar-refractivity contribution is 5.36. The number of hydrogen-bond acceptors (Lipinski definition) is 3.